The van der Waals surface area contributed by atoms with Crippen LogP contribution in [-0.2, 0) is 6.54 Å². The van der Waals surface area contributed by atoms with Crippen LogP contribution in [0.15, 0.2) is 30.3 Å². The highest BCUT2D eigenvalue weighted by Crippen LogP contribution is 2.26. The molecule has 1 aliphatic heterocycles. The van der Waals surface area contributed by atoms with Crippen LogP contribution in [0, 0.1) is 0 Å². The maximum Gasteiger partial charge on any atom is 0.0234 e. The van der Waals surface area contributed by atoms with Crippen molar-refractivity contribution in [1.29, 1.82) is 0 Å². The molecule has 1 saturated carbocycles. The first-order valence-corrected chi connectivity index (χ1v) is 7.53. The van der Waals surface area contributed by atoms with Crippen LogP contribution in [0.4, 0.5) is 0 Å². The van der Waals surface area contributed by atoms with E-state index in [9.17, 15) is 0 Å². The molecule has 1 N–H and O–H groups in total. The van der Waals surface area contributed by atoms with Gasteiger partial charge in [0, 0.05) is 44.8 Å². The highest BCUT2D eigenvalue weighted by atomic mass is 15.3. The van der Waals surface area contributed by atoms with Crippen LogP contribution in [0.2, 0.25) is 0 Å². The lowest BCUT2D eigenvalue weighted by atomic mass is 9.85. The molecule has 3 nitrogen and oxygen atoms in total. The third kappa shape index (κ3) is 3.16. The molecular weight excluding hydrogens is 234 g/mol. The van der Waals surface area contributed by atoms with E-state index in [4.69, 9.17) is 0 Å². The first kappa shape index (κ1) is 13.1. The summed E-state index contributed by atoms with van der Waals surface area (Å²) in [5.74, 6) is 0. The number of nitrogens with zero attached hydrogens (tertiary/aromatic N) is 2. The van der Waals surface area contributed by atoms with Gasteiger partial charge in [0.25, 0.3) is 0 Å². The maximum absolute atomic E-state index is 3.37. The molecule has 104 valence electrons. The highest BCUT2D eigenvalue weighted by Gasteiger charge is 2.33. The molecular formula is C16H25N3. The Morgan fingerprint density at radius 1 is 1.05 bits per heavy atom. The zero-order valence-electron chi connectivity index (χ0n) is 11.9. The Bertz CT molecular complexity index is 378. The van der Waals surface area contributed by atoms with E-state index in [1.54, 1.807) is 0 Å². The van der Waals surface area contributed by atoms with Gasteiger partial charge in [-0.3, -0.25) is 9.80 Å². The first-order valence-electron chi connectivity index (χ1n) is 7.53. The Morgan fingerprint density at radius 2 is 1.74 bits per heavy atom. The first-order chi connectivity index (χ1) is 9.35. The van der Waals surface area contributed by atoms with E-state index in [1.165, 1.54) is 44.6 Å². The summed E-state index contributed by atoms with van der Waals surface area (Å²) in [7, 11) is 2.08. The summed E-state index contributed by atoms with van der Waals surface area (Å²) in [4.78, 5) is 5.27. The molecule has 1 aromatic carbocycles. The molecule has 0 bridgehead atoms. The molecule has 0 unspecified atom stereocenters. The highest BCUT2D eigenvalue weighted by molar-refractivity contribution is 5.14. The fourth-order valence-corrected chi connectivity index (χ4v) is 3.25. The molecule has 0 spiro atoms. The molecule has 2 fully saturated rings. The van der Waals surface area contributed by atoms with Crippen LogP contribution in [0.3, 0.4) is 0 Å². The molecule has 1 aromatic rings. The predicted molar refractivity (Wildman–Crippen MR) is 79.2 cm³/mol. The molecule has 0 amide bonds. The maximum atomic E-state index is 3.37. The van der Waals surface area contributed by atoms with E-state index in [0.717, 1.165) is 18.6 Å². The SMILES string of the molecule is CNC1CC(N2CCN(Cc3ccccc3)CC2)C1. The van der Waals surface area contributed by atoms with Gasteiger partial charge in [-0.2, -0.15) is 0 Å². The van der Waals surface area contributed by atoms with Crippen molar-refractivity contribution in [2.45, 2.75) is 31.5 Å². The van der Waals surface area contributed by atoms with Gasteiger partial charge in [0.05, 0.1) is 0 Å². The Labute approximate surface area is 116 Å². The van der Waals surface area contributed by atoms with E-state index in [-0.39, 0.29) is 0 Å². The van der Waals surface area contributed by atoms with Gasteiger partial charge in [-0.15, -0.1) is 0 Å². The van der Waals surface area contributed by atoms with Crippen molar-refractivity contribution in [2.24, 2.45) is 0 Å². The van der Waals surface area contributed by atoms with Gasteiger partial charge in [0.2, 0.25) is 0 Å². The quantitative estimate of drug-likeness (QED) is 0.885. The molecule has 3 rings (SSSR count). The van der Waals surface area contributed by atoms with E-state index in [0.29, 0.717) is 0 Å². The Hall–Kier alpha value is -0.900. The summed E-state index contributed by atoms with van der Waals surface area (Å²) >= 11 is 0. The number of hydrogen-bond donors (Lipinski definition) is 1. The smallest absolute Gasteiger partial charge is 0.0234 e. The Morgan fingerprint density at radius 3 is 2.37 bits per heavy atom. The summed E-state index contributed by atoms with van der Waals surface area (Å²) < 4.78 is 0. The van der Waals surface area contributed by atoms with Gasteiger partial charge in [0.15, 0.2) is 0 Å². The van der Waals surface area contributed by atoms with Crippen LogP contribution < -0.4 is 5.32 Å². The largest absolute Gasteiger partial charge is 0.317 e. The zero-order chi connectivity index (χ0) is 13.1. The Kier molecular flexibility index (Phi) is 4.16. The number of piperazine rings is 1. The summed E-state index contributed by atoms with van der Waals surface area (Å²) in [6.45, 7) is 6.03. The molecule has 1 aliphatic carbocycles. The second kappa shape index (κ2) is 6.04. The van der Waals surface area contributed by atoms with Crippen LogP contribution in [0.25, 0.3) is 0 Å². The lowest BCUT2D eigenvalue weighted by Gasteiger charge is -2.46. The molecule has 2 aliphatic rings. The molecule has 1 heterocycles. The molecule has 3 heteroatoms. The van der Waals surface area contributed by atoms with Crippen LogP contribution in [-0.4, -0.2) is 55.1 Å². The minimum absolute atomic E-state index is 0.771. The Balaban J connectivity index is 1.43. The topological polar surface area (TPSA) is 18.5 Å². The van der Waals surface area contributed by atoms with Gasteiger partial charge in [-0.25, -0.2) is 0 Å². The van der Waals surface area contributed by atoms with Crippen molar-refractivity contribution in [1.82, 2.24) is 15.1 Å². The predicted octanol–water partition coefficient (Wildman–Crippen LogP) is 1.55. The van der Waals surface area contributed by atoms with E-state index < -0.39 is 0 Å². The molecule has 19 heavy (non-hydrogen) atoms. The van der Waals surface area contributed by atoms with Crippen molar-refractivity contribution in [2.75, 3.05) is 33.2 Å². The van der Waals surface area contributed by atoms with Gasteiger partial charge in [-0.1, -0.05) is 30.3 Å². The van der Waals surface area contributed by atoms with Crippen LogP contribution in [0.5, 0.6) is 0 Å². The summed E-state index contributed by atoms with van der Waals surface area (Å²) in [6, 6.07) is 12.4. The summed E-state index contributed by atoms with van der Waals surface area (Å²) in [5, 5.41) is 3.37. The van der Waals surface area contributed by atoms with Gasteiger partial charge in [0.1, 0.15) is 0 Å². The van der Waals surface area contributed by atoms with Crippen LogP contribution in [0.1, 0.15) is 18.4 Å². The average molecular weight is 259 g/mol. The lowest BCUT2D eigenvalue weighted by molar-refractivity contribution is 0.0442. The number of nitrogens with one attached hydrogen (secondary N) is 1. The van der Waals surface area contributed by atoms with Gasteiger partial charge < -0.3 is 5.32 Å². The zero-order valence-corrected chi connectivity index (χ0v) is 11.9. The third-order valence-corrected chi connectivity index (χ3v) is 4.69. The van der Waals surface area contributed by atoms with Gasteiger partial charge in [-0.05, 0) is 25.5 Å². The monoisotopic (exact) mass is 259 g/mol. The number of rotatable bonds is 4. The van der Waals surface area contributed by atoms with Crippen molar-refractivity contribution < 1.29 is 0 Å². The summed E-state index contributed by atoms with van der Waals surface area (Å²) in [5.41, 5.74) is 1.44. The molecule has 1 saturated heterocycles. The molecule has 0 radical (unpaired) electrons. The van der Waals surface area contributed by atoms with E-state index in [1.807, 2.05) is 0 Å². The molecule has 0 atom stereocenters. The average Bonchev–Trinajstić information content (AvgIpc) is 2.41. The molecule has 0 aromatic heterocycles. The third-order valence-electron chi connectivity index (χ3n) is 4.69. The normalized spacial score (nSPS) is 29.1. The van der Waals surface area contributed by atoms with Crippen molar-refractivity contribution >= 4 is 0 Å². The minimum atomic E-state index is 0.771. The van der Waals surface area contributed by atoms with Crippen molar-refractivity contribution in [3.05, 3.63) is 35.9 Å². The van der Waals surface area contributed by atoms with E-state index >= 15 is 0 Å². The fourth-order valence-electron chi connectivity index (χ4n) is 3.25. The lowest BCUT2D eigenvalue weighted by Crippen LogP contribution is -2.57. The van der Waals surface area contributed by atoms with Crippen molar-refractivity contribution in [3.8, 4) is 0 Å². The number of hydrogen-bond acceptors (Lipinski definition) is 3. The fraction of sp³-hybridized carbons (Fsp3) is 0.625. The van der Waals surface area contributed by atoms with Crippen molar-refractivity contribution in [3.63, 3.8) is 0 Å². The summed E-state index contributed by atoms with van der Waals surface area (Å²) in [6.07, 6.45) is 2.68. The number of benzene rings is 1. The minimum Gasteiger partial charge on any atom is -0.317 e. The second-order valence-corrected chi connectivity index (χ2v) is 5.91. The van der Waals surface area contributed by atoms with Crippen LogP contribution >= 0.6 is 0 Å². The van der Waals surface area contributed by atoms with E-state index in [2.05, 4.69) is 52.5 Å². The second-order valence-electron chi connectivity index (χ2n) is 5.91. The van der Waals surface area contributed by atoms with Gasteiger partial charge >= 0.3 is 0 Å². The standard InChI is InChI=1S/C16H25N3/c1-17-15-11-16(12-15)19-9-7-18(8-10-19)13-14-5-3-2-4-6-14/h2-6,15-17H,7-13H2,1H3.